The lowest BCUT2D eigenvalue weighted by Crippen LogP contribution is -2.28. The lowest BCUT2D eigenvalue weighted by Gasteiger charge is -2.31. The third-order valence-electron chi connectivity index (χ3n) is 2.75. The highest BCUT2D eigenvalue weighted by Gasteiger charge is 2.24. The molecule has 0 amide bonds. The van der Waals surface area contributed by atoms with Gasteiger partial charge in [-0.3, -0.25) is 0 Å². The van der Waals surface area contributed by atoms with Crippen molar-refractivity contribution in [2.75, 3.05) is 6.54 Å². The van der Waals surface area contributed by atoms with Crippen LogP contribution in [0.25, 0.3) is 5.70 Å². The zero-order valence-electron chi connectivity index (χ0n) is 9.91. The van der Waals surface area contributed by atoms with Gasteiger partial charge in [-0.25, -0.2) is 13.2 Å². The van der Waals surface area contributed by atoms with E-state index in [2.05, 4.69) is 22.5 Å². The van der Waals surface area contributed by atoms with E-state index in [4.69, 9.17) is 0 Å². The van der Waals surface area contributed by atoms with E-state index in [1.807, 2.05) is 0 Å². The first-order chi connectivity index (χ1) is 9.00. The van der Waals surface area contributed by atoms with Gasteiger partial charge in [0.05, 0.1) is 12.2 Å². The van der Waals surface area contributed by atoms with Gasteiger partial charge in [-0.15, -0.1) is 0 Å². The molecule has 1 aliphatic heterocycles. The highest BCUT2D eigenvalue weighted by atomic mass is 79.9. The minimum Gasteiger partial charge on any atom is -0.335 e. The van der Waals surface area contributed by atoms with E-state index in [0.717, 1.165) is 0 Å². The van der Waals surface area contributed by atoms with Crippen LogP contribution in [0.4, 0.5) is 13.2 Å². The summed E-state index contributed by atoms with van der Waals surface area (Å²) in [6, 6.07) is 6.07. The highest BCUT2D eigenvalue weighted by molar-refractivity contribution is 9.12. The summed E-state index contributed by atoms with van der Waals surface area (Å²) in [5.41, 5.74) is 1.05. The Labute approximate surface area is 117 Å². The minimum absolute atomic E-state index is 0.278. The molecule has 1 aromatic rings. The molecule has 0 unspecified atom stereocenters. The van der Waals surface area contributed by atoms with Crippen molar-refractivity contribution in [1.29, 1.82) is 0 Å². The fraction of sp³-hybridized carbons (Fsp3) is 0.143. The maximum atomic E-state index is 13.8. The summed E-state index contributed by atoms with van der Waals surface area (Å²) in [5, 5.41) is 0. The van der Waals surface area contributed by atoms with E-state index in [1.165, 1.54) is 11.0 Å². The van der Waals surface area contributed by atoms with E-state index in [1.54, 1.807) is 30.4 Å². The molecule has 0 aromatic heterocycles. The van der Waals surface area contributed by atoms with Crippen LogP contribution in [-0.2, 0) is 0 Å². The summed E-state index contributed by atoms with van der Waals surface area (Å²) in [6.07, 6.45) is 0.733. The average Bonchev–Trinajstić information content (AvgIpc) is 2.36. The van der Waals surface area contributed by atoms with Crippen LogP contribution in [0.15, 0.2) is 53.2 Å². The molecular formula is C14H11BrF3N. The van der Waals surface area contributed by atoms with Crippen LogP contribution in [0.5, 0.6) is 0 Å². The van der Waals surface area contributed by atoms with Crippen LogP contribution in [0.1, 0.15) is 5.56 Å². The molecule has 0 aliphatic carbocycles. The van der Waals surface area contributed by atoms with Crippen molar-refractivity contribution in [1.82, 2.24) is 4.90 Å². The Kier molecular flexibility index (Phi) is 4.14. The second kappa shape index (κ2) is 5.65. The normalized spacial score (nSPS) is 15.6. The number of rotatable bonds is 3. The van der Waals surface area contributed by atoms with Gasteiger partial charge in [0.15, 0.2) is 0 Å². The molecule has 0 spiro atoms. The zero-order chi connectivity index (χ0) is 14.0. The summed E-state index contributed by atoms with van der Waals surface area (Å²) >= 11 is 3.24. The third kappa shape index (κ3) is 2.92. The van der Waals surface area contributed by atoms with E-state index >= 15 is 0 Å². The molecule has 0 bridgehead atoms. The number of allylic oxidation sites excluding steroid dienone is 3. The van der Waals surface area contributed by atoms with Gasteiger partial charge in [0.2, 0.25) is 0 Å². The summed E-state index contributed by atoms with van der Waals surface area (Å²) in [4.78, 5) is 1.31. The van der Waals surface area contributed by atoms with E-state index in [-0.39, 0.29) is 5.56 Å². The van der Waals surface area contributed by atoms with Gasteiger partial charge in [0.25, 0.3) is 6.43 Å². The number of alkyl halides is 2. The molecule has 0 atom stereocenters. The molecular weight excluding hydrogens is 319 g/mol. The Hall–Kier alpha value is -1.49. The van der Waals surface area contributed by atoms with Gasteiger partial charge in [0, 0.05) is 15.7 Å². The second-order valence-electron chi connectivity index (χ2n) is 3.99. The summed E-state index contributed by atoms with van der Waals surface area (Å²) in [6.45, 7) is 3.22. The molecule has 1 heterocycles. The first-order valence-corrected chi connectivity index (χ1v) is 6.37. The molecule has 1 nitrogen and oxygen atoms in total. The van der Waals surface area contributed by atoms with Crippen molar-refractivity contribution in [2.45, 2.75) is 6.43 Å². The monoisotopic (exact) mass is 329 g/mol. The third-order valence-corrected chi connectivity index (χ3v) is 3.47. The maximum Gasteiger partial charge on any atom is 0.256 e. The van der Waals surface area contributed by atoms with Crippen molar-refractivity contribution in [3.63, 3.8) is 0 Å². The fourth-order valence-electron chi connectivity index (χ4n) is 1.86. The number of hydrogen-bond acceptors (Lipinski definition) is 1. The highest BCUT2D eigenvalue weighted by Crippen LogP contribution is 2.34. The summed E-state index contributed by atoms with van der Waals surface area (Å²) < 4.78 is 39.7. The predicted molar refractivity (Wildman–Crippen MR) is 73.2 cm³/mol. The first-order valence-electron chi connectivity index (χ1n) is 5.58. The van der Waals surface area contributed by atoms with E-state index < -0.39 is 18.8 Å². The fourth-order valence-corrected chi connectivity index (χ4v) is 2.21. The van der Waals surface area contributed by atoms with Crippen molar-refractivity contribution in [3.05, 3.63) is 64.6 Å². The maximum absolute atomic E-state index is 13.8. The van der Waals surface area contributed by atoms with Gasteiger partial charge < -0.3 is 4.90 Å². The number of nitrogens with zero attached hydrogens (tertiary/aromatic N) is 1. The smallest absolute Gasteiger partial charge is 0.256 e. The number of halogens is 4. The zero-order valence-corrected chi connectivity index (χ0v) is 11.5. The lowest BCUT2D eigenvalue weighted by molar-refractivity contribution is 0.123. The van der Waals surface area contributed by atoms with Gasteiger partial charge >= 0.3 is 0 Å². The van der Waals surface area contributed by atoms with Crippen LogP contribution in [0.2, 0.25) is 0 Å². The molecule has 100 valence electrons. The molecule has 5 heteroatoms. The topological polar surface area (TPSA) is 3.24 Å². The van der Waals surface area contributed by atoms with Crippen molar-refractivity contribution in [3.8, 4) is 0 Å². The molecule has 0 radical (unpaired) electrons. The molecule has 0 N–H and O–H groups in total. The average molecular weight is 330 g/mol. The summed E-state index contributed by atoms with van der Waals surface area (Å²) in [5.74, 6) is -0.452. The van der Waals surface area contributed by atoms with Crippen molar-refractivity contribution < 1.29 is 13.2 Å². The Balaban J connectivity index is 2.46. The van der Waals surface area contributed by atoms with Gasteiger partial charge in [-0.05, 0) is 40.2 Å². The minimum atomic E-state index is -2.54. The molecule has 1 aliphatic rings. The van der Waals surface area contributed by atoms with E-state index in [0.29, 0.717) is 15.9 Å². The van der Waals surface area contributed by atoms with Gasteiger partial charge in [0.1, 0.15) is 5.82 Å². The molecule has 2 rings (SSSR count). The largest absolute Gasteiger partial charge is 0.335 e. The molecule has 0 saturated heterocycles. The predicted octanol–water partition coefficient (Wildman–Crippen LogP) is 4.54. The molecule has 19 heavy (non-hydrogen) atoms. The van der Waals surface area contributed by atoms with Crippen LogP contribution in [0, 0.1) is 5.82 Å². The van der Waals surface area contributed by atoms with Crippen LogP contribution in [-0.4, -0.2) is 17.9 Å². The number of benzene rings is 1. The standard InChI is InChI=1S/C14H11BrF3N/c1-9-11(15)6-7-13(19(9)8-14(17)18)10-4-2-3-5-12(10)16/h2-7,14H,1,8H2. The quantitative estimate of drug-likeness (QED) is 0.786. The van der Waals surface area contributed by atoms with Gasteiger partial charge in [-0.2, -0.15) is 0 Å². The van der Waals surface area contributed by atoms with Crippen LogP contribution in [0.3, 0.4) is 0 Å². The van der Waals surface area contributed by atoms with Gasteiger partial charge in [-0.1, -0.05) is 18.7 Å². The van der Waals surface area contributed by atoms with Crippen LogP contribution >= 0.6 is 15.9 Å². The second-order valence-corrected chi connectivity index (χ2v) is 4.85. The van der Waals surface area contributed by atoms with E-state index in [9.17, 15) is 13.2 Å². The van der Waals surface area contributed by atoms with Crippen molar-refractivity contribution >= 4 is 21.6 Å². The Bertz CT molecular complexity index is 564. The SMILES string of the molecule is C=C1C(Br)=CC=C(c2ccccc2F)N1CC(F)F. The summed E-state index contributed by atoms with van der Waals surface area (Å²) in [7, 11) is 0. The Morgan fingerprint density at radius 2 is 1.89 bits per heavy atom. The van der Waals surface area contributed by atoms with Crippen LogP contribution < -0.4 is 0 Å². The Morgan fingerprint density at radius 1 is 1.21 bits per heavy atom. The molecule has 0 fully saturated rings. The Morgan fingerprint density at radius 3 is 2.53 bits per heavy atom. The number of hydrogen-bond donors (Lipinski definition) is 0. The molecule has 1 aromatic carbocycles. The first kappa shape index (κ1) is 13.9. The lowest BCUT2D eigenvalue weighted by atomic mass is 10.1. The van der Waals surface area contributed by atoms with Crippen molar-refractivity contribution in [2.24, 2.45) is 0 Å². The molecule has 0 saturated carbocycles.